The number of esters is 1. The number of ether oxygens (including phenoxy) is 1. The van der Waals surface area contributed by atoms with Gasteiger partial charge in [-0.15, -0.1) is 0 Å². The zero-order valence-electron chi connectivity index (χ0n) is 14.2. The van der Waals surface area contributed by atoms with Crippen LogP contribution in [0.1, 0.15) is 24.2 Å². The van der Waals surface area contributed by atoms with Gasteiger partial charge in [-0.25, -0.2) is 14.2 Å². The SMILES string of the molecule is CCOC(=O)C1=C(CBr)NC(c2cnccn2)=NC1c1ccc(F)cc1Cl. The lowest BCUT2D eigenvalue weighted by Crippen LogP contribution is -2.35. The van der Waals surface area contributed by atoms with Crippen molar-refractivity contribution in [2.45, 2.75) is 13.0 Å². The molecule has 1 aliphatic heterocycles. The topological polar surface area (TPSA) is 76.5 Å². The molecule has 9 heteroatoms. The van der Waals surface area contributed by atoms with E-state index in [1.54, 1.807) is 19.3 Å². The van der Waals surface area contributed by atoms with Gasteiger partial charge in [0.05, 0.1) is 18.4 Å². The van der Waals surface area contributed by atoms with Crippen molar-refractivity contribution < 1.29 is 13.9 Å². The zero-order valence-corrected chi connectivity index (χ0v) is 16.6. The molecule has 0 spiro atoms. The second-order valence-corrected chi connectivity index (χ2v) is 6.48. The second-order valence-electron chi connectivity index (χ2n) is 5.51. The number of carbonyl (C=O) groups is 1. The van der Waals surface area contributed by atoms with Crippen LogP contribution in [0.15, 0.2) is 53.1 Å². The van der Waals surface area contributed by atoms with Gasteiger partial charge in [-0.2, -0.15) is 0 Å². The first-order valence-electron chi connectivity index (χ1n) is 8.07. The van der Waals surface area contributed by atoms with Crippen molar-refractivity contribution in [3.05, 3.63) is 70.2 Å². The summed E-state index contributed by atoms with van der Waals surface area (Å²) in [5.74, 6) is -0.569. The predicted molar refractivity (Wildman–Crippen MR) is 103 cm³/mol. The van der Waals surface area contributed by atoms with E-state index >= 15 is 0 Å². The Hall–Kier alpha value is -2.32. The summed E-state index contributed by atoms with van der Waals surface area (Å²) in [7, 11) is 0. The first-order chi connectivity index (χ1) is 13.0. The first-order valence-corrected chi connectivity index (χ1v) is 9.57. The Bertz CT molecular complexity index is 921. The summed E-state index contributed by atoms with van der Waals surface area (Å²) in [4.78, 5) is 25.5. The van der Waals surface area contributed by atoms with Crippen LogP contribution in [0.2, 0.25) is 5.02 Å². The Kier molecular flexibility index (Phi) is 6.18. The van der Waals surface area contributed by atoms with E-state index < -0.39 is 17.8 Å². The van der Waals surface area contributed by atoms with Crippen molar-refractivity contribution in [1.29, 1.82) is 0 Å². The normalized spacial score (nSPS) is 16.6. The van der Waals surface area contributed by atoms with E-state index in [4.69, 9.17) is 16.3 Å². The molecule has 1 aromatic heterocycles. The highest BCUT2D eigenvalue weighted by Crippen LogP contribution is 2.36. The number of allylic oxidation sites excluding steroid dienone is 1. The van der Waals surface area contributed by atoms with E-state index in [0.717, 1.165) is 0 Å². The number of benzene rings is 1. The number of aromatic nitrogens is 2. The fourth-order valence-electron chi connectivity index (χ4n) is 2.65. The summed E-state index contributed by atoms with van der Waals surface area (Å²) in [6.45, 7) is 1.93. The van der Waals surface area contributed by atoms with Crippen molar-refractivity contribution in [2.24, 2.45) is 4.99 Å². The van der Waals surface area contributed by atoms with Crippen LogP contribution < -0.4 is 5.32 Å². The highest BCUT2D eigenvalue weighted by Gasteiger charge is 2.33. The number of amidine groups is 1. The van der Waals surface area contributed by atoms with Crippen molar-refractivity contribution in [1.82, 2.24) is 15.3 Å². The smallest absolute Gasteiger partial charge is 0.338 e. The molecule has 140 valence electrons. The minimum atomic E-state index is -0.775. The number of rotatable bonds is 5. The predicted octanol–water partition coefficient (Wildman–Crippen LogP) is 3.57. The molecule has 0 aliphatic carbocycles. The lowest BCUT2D eigenvalue weighted by Gasteiger charge is -2.27. The van der Waals surface area contributed by atoms with E-state index in [1.807, 2.05) is 0 Å². The Morgan fingerprint density at radius 2 is 2.22 bits per heavy atom. The summed E-state index contributed by atoms with van der Waals surface area (Å²) >= 11 is 9.64. The second kappa shape index (κ2) is 8.58. The summed E-state index contributed by atoms with van der Waals surface area (Å²) < 4.78 is 18.7. The third kappa shape index (κ3) is 4.17. The van der Waals surface area contributed by atoms with E-state index in [9.17, 15) is 9.18 Å². The molecular weight excluding hydrogens is 439 g/mol. The Morgan fingerprint density at radius 3 is 2.85 bits per heavy atom. The maximum Gasteiger partial charge on any atom is 0.338 e. The highest BCUT2D eigenvalue weighted by molar-refractivity contribution is 9.09. The van der Waals surface area contributed by atoms with Gasteiger partial charge in [0.1, 0.15) is 17.6 Å². The minimum Gasteiger partial charge on any atom is -0.463 e. The monoisotopic (exact) mass is 452 g/mol. The van der Waals surface area contributed by atoms with Crippen molar-refractivity contribution in [3.63, 3.8) is 0 Å². The van der Waals surface area contributed by atoms with Gasteiger partial charge in [-0.05, 0) is 19.1 Å². The lowest BCUT2D eigenvalue weighted by molar-refractivity contribution is -0.138. The Labute approximate surface area is 168 Å². The number of carbonyl (C=O) groups excluding carboxylic acids is 1. The van der Waals surface area contributed by atoms with Gasteiger partial charge in [-0.3, -0.25) is 9.98 Å². The molecule has 1 aliphatic rings. The van der Waals surface area contributed by atoms with Gasteiger partial charge in [0.25, 0.3) is 0 Å². The third-order valence-corrected chi connectivity index (χ3v) is 4.71. The number of hydrogen-bond donors (Lipinski definition) is 1. The Balaban J connectivity index is 2.16. The van der Waals surface area contributed by atoms with Crippen molar-refractivity contribution in [2.75, 3.05) is 11.9 Å². The number of alkyl halides is 1. The van der Waals surface area contributed by atoms with E-state index in [1.165, 1.54) is 24.4 Å². The fourth-order valence-corrected chi connectivity index (χ4v) is 3.36. The van der Waals surface area contributed by atoms with Crippen LogP contribution in [-0.2, 0) is 9.53 Å². The molecule has 6 nitrogen and oxygen atoms in total. The molecule has 0 saturated carbocycles. The first kappa shape index (κ1) is 19.4. The molecule has 0 radical (unpaired) electrons. The Morgan fingerprint density at radius 1 is 1.41 bits per heavy atom. The molecule has 0 bridgehead atoms. The average Bonchev–Trinajstić information content (AvgIpc) is 2.68. The molecule has 1 atom stereocenters. The molecule has 3 rings (SSSR count). The van der Waals surface area contributed by atoms with E-state index in [-0.39, 0.29) is 11.6 Å². The quantitative estimate of drug-likeness (QED) is 0.553. The number of nitrogens with one attached hydrogen (secondary N) is 1. The number of nitrogens with zero attached hydrogens (tertiary/aromatic N) is 3. The van der Waals surface area contributed by atoms with E-state index in [2.05, 4.69) is 36.2 Å². The van der Waals surface area contributed by atoms with Crippen LogP contribution in [0.4, 0.5) is 4.39 Å². The zero-order chi connectivity index (χ0) is 19.4. The van der Waals surface area contributed by atoms with Gasteiger partial charge in [-0.1, -0.05) is 33.6 Å². The van der Waals surface area contributed by atoms with Crippen LogP contribution in [0.5, 0.6) is 0 Å². The average molecular weight is 454 g/mol. The molecule has 1 aromatic carbocycles. The molecule has 0 amide bonds. The molecule has 0 saturated heterocycles. The fraction of sp³-hybridized carbons (Fsp3) is 0.222. The van der Waals surface area contributed by atoms with Crippen LogP contribution in [0.25, 0.3) is 0 Å². The van der Waals surface area contributed by atoms with Crippen molar-refractivity contribution in [3.8, 4) is 0 Å². The van der Waals surface area contributed by atoms with Gasteiger partial charge in [0, 0.05) is 34.0 Å². The molecule has 2 aromatic rings. The van der Waals surface area contributed by atoms with Crippen LogP contribution >= 0.6 is 27.5 Å². The largest absolute Gasteiger partial charge is 0.463 e. The standard InChI is InChI=1S/C18H15BrClFN4O2/c1-2-27-18(26)15-13(8-19)24-17(14-9-22-5-6-23-14)25-16(15)11-4-3-10(21)7-12(11)20/h3-7,9,16H,2,8H2,1H3,(H,24,25). The highest BCUT2D eigenvalue weighted by atomic mass is 79.9. The van der Waals surface area contributed by atoms with Gasteiger partial charge in [0.2, 0.25) is 0 Å². The lowest BCUT2D eigenvalue weighted by atomic mass is 9.95. The summed E-state index contributed by atoms with van der Waals surface area (Å²) in [6.07, 6.45) is 4.64. The van der Waals surface area contributed by atoms with E-state index in [0.29, 0.717) is 33.7 Å². The molecule has 1 N–H and O–H groups in total. The molecule has 27 heavy (non-hydrogen) atoms. The molecule has 0 fully saturated rings. The molecular formula is C18H15BrClFN4O2. The van der Waals surface area contributed by atoms with Crippen LogP contribution in [0.3, 0.4) is 0 Å². The maximum atomic E-state index is 13.5. The van der Waals surface area contributed by atoms with Gasteiger partial charge >= 0.3 is 5.97 Å². The minimum absolute atomic E-state index is 0.167. The summed E-state index contributed by atoms with van der Waals surface area (Å²) in [5, 5.41) is 3.61. The number of aliphatic imine (C=N–C) groups is 1. The molecule has 1 unspecified atom stereocenters. The van der Waals surface area contributed by atoms with Crippen LogP contribution in [0, 0.1) is 5.82 Å². The third-order valence-electron chi connectivity index (χ3n) is 3.82. The van der Waals surface area contributed by atoms with Crippen LogP contribution in [-0.4, -0.2) is 33.7 Å². The molecule has 2 heterocycles. The number of hydrogen-bond acceptors (Lipinski definition) is 6. The maximum absolute atomic E-state index is 13.5. The van der Waals surface area contributed by atoms with Crippen molar-refractivity contribution >= 4 is 39.3 Å². The summed E-state index contributed by atoms with van der Waals surface area (Å²) in [5.41, 5.74) is 1.86. The number of halogens is 3. The summed E-state index contributed by atoms with van der Waals surface area (Å²) in [6, 6.07) is 3.20. The van der Waals surface area contributed by atoms with Gasteiger partial charge in [0.15, 0.2) is 5.84 Å². The van der Waals surface area contributed by atoms with Gasteiger partial charge < -0.3 is 10.1 Å².